The number of nitrogens with one attached hydrogen (secondary N) is 1. The highest BCUT2D eigenvalue weighted by molar-refractivity contribution is 5.98. The Morgan fingerprint density at radius 1 is 1.14 bits per heavy atom. The molecule has 2 fully saturated rings. The number of halogens is 1. The van der Waals surface area contributed by atoms with Crippen molar-refractivity contribution >= 4 is 23.4 Å². The second-order valence-electron chi connectivity index (χ2n) is 9.82. The number of aryl methyl sites for hydroxylation is 1. The fourth-order valence-corrected chi connectivity index (χ4v) is 5.30. The number of nitrogens with zero attached hydrogens (tertiary/aromatic N) is 3. The number of likely N-dealkylation sites (N-methyl/N-ethyl adjacent to an activating group) is 1. The largest absolute Gasteiger partial charge is 0.379 e. The molecule has 2 unspecified atom stereocenters. The maximum absolute atomic E-state index is 14.4. The molecule has 37 heavy (non-hydrogen) atoms. The molecule has 2 aromatic rings. The topological polar surface area (TPSA) is 82.2 Å². The molecular weight excluding hydrogens is 475 g/mol. The second kappa shape index (κ2) is 10.9. The smallest absolute Gasteiger partial charge is 0.254 e. The monoisotopic (exact) mass is 510 g/mol. The normalized spacial score (nSPS) is 18.7. The number of methoxy groups -OCH3 is 1. The average Bonchev–Trinajstić information content (AvgIpc) is 3.16. The highest BCUT2D eigenvalue weighted by Gasteiger charge is 2.53. The molecule has 2 aromatic carbocycles. The van der Waals surface area contributed by atoms with E-state index < -0.39 is 29.4 Å². The molecule has 0 radical (unpaired) electrons. The van der Waals surface area contributed by atoms with Crippen LogP contribution in [0.3, 0.4) is 0 Å². The molecule has 3 amide bonds. The van der Waals surface area contributed by atoms with E-state index in [0.717, 1.165) is 11.3 Å². The molecule has 0 aliphatic carbocycles. The Morgan fingerprint density at radius 2 is 1.81 bits per heavy atom. The first-order valence-electron chi connectivity index (χ1n) is 12.7. The molecule has 1 spiro atoms. The van der Waals surface area contributed by atoms with Crippen molar-refractivity contribution in [3.05, 3.63) is 65.5 Å². The summed E-state index contributed by atoms with van der Waals surface area (Å²) in [6, 6.07) is 13.2. The van der Waals surface area contributed by atoms with Crippen LogP contribution in [0.25, 0.3) is 0 Å². The quantitative estimate of drug-likeness (QED) is 0.620. The van der Waals surface area contributed by atoms with Gasteiger partial charge in [0.05, 0.1) is 18.3 Å². The van der Waals surface area contributed by atoms with Gasteiger partial charge in [0.1, 0.15) is 17.4 Å². The van der Waals surface area contributed by atoms with Gasteiger partial charge in [0.2, 0.25) is 11.8 Å². The Balaban J connectivity index is 1.51. The summed E-state index contributed by atoms with van der Waals surface area (Å²) >= 11 is 0. The molecule has 9 heteroatoms. The molecule has 2 saturated heterocycles. The summed E-state index contributed by atoms with van der Waals surface area (Å²) in [5.74, 6) is -1.57. The summed E-state index contributed by atoms with van der Waals surface area (Å²) in [5.41, 5.74) is 0.970. The van der Waals surface area contributed by atoms with Crippen molar-refractivity contribution in [1.29, 1.82) is 0 Å². The summed E-state index contributed by atoms with van der Waals surface area (Å²) in [4.78, 5) is 45.4. The second-order valence-corrected chi connectivity index (χ2v) is 9.82. The lowest BCUT2D eigenvalue weighted by molar-refractivity contribution is -0.141. The van der Waals surface area contributed by atoms with Crippen LogP contribution in [0.2, 0.25) is 0 Å². The van der Waals surface area contributed by atoms with E-state index in [4.69, 9.17) is 4.74 Å². The summed E-state index contributed by atoms with van der Waals surface area (Å²) in [6.07, 6.45) is 0.948. The van der Waals surface area contributed by atoms with Crippen LogP contribution in [0, 0.1) is 5.82 Å². The van der Waals surface area contributed by atoms with Gasteiger partial charge in [0.25, 0.3) is 5.91 Å². The molecule has 2 aliphatic rings. The third-order valence-electron chi connectivity index (χ3n) is 7.66. The number of carbonyl (C=O) groups is 3. The Hall–Kier alpha value is -3.46. The number of likely N-dealkylation sites (tertiary alicyclic amines) is 1. The fourth-order valence-electron chi connectivity index (χ4n) is 5.30. The van der Waals surface area contributed by atoms with Crippen molar-refractivity contribution in [2.24, 2.45) is 0 Å². The highest BCUT2D eigenvalue weighted by atomic mass is 19.1. The minimum absolute atomic E-state index is 0.0462. The average molecular weight is 511 g/mol. The highest BCUT2D eigenvalue weighted by Crippen LogP contribution is 2.39. The minimum Gasteiger partial charge on any atom is -0.379 e. The molecule has 0 bridgehead atoms. The molecule has 0 saturated carbocycles. The zero-order chi connectivity index (χ0) is 26.7. The molecule has 2 aliphatic heterocycles. The first-order chi connectivity index (χ1) is 17.7. The van der Waals surface area contributed by atoms with Crippen LogP contribution in [0.4, 0.5) is 10.1 Å². The number of carbonyl (C=O) groups excluding carboxylic acids is 3. The van der Waals surface area contributed by atoms with E-state index in [0.29, 0.717) is 39.0 Å². The van der Waals surface area contributed by atoms with Crippen molar-refractivity contribution in [2.75, 3.05) is 38.8 Å². The van der Waals surface area contributed by atoms with Crippen LogP contribution in [0.15, 0.2) is 48.5 Å². The van der Waals surface area contributed by atoms with Crippen LogP contribution >= 0.6 is 0 Å². The number of para-hydroxylation sites is 1. The summed E-state index contributed by atoms with van der Waals surface area (Å²) in [7, 11) is 3.26. The van der Waals surface area contributed by atoms with E-state index in [1.54, 1.807) is 29.8 Å². The lowest BCUT2D eigenvalue weighted by atomic mass is 9.85. The first-order valence-corrected chi connectivity index (χ1v) is 12.7. The van der Waals surface area contributed by atoms with Gasteiger partial charge in [-0.2, -0.15) is 0 Å². The lowest BCUT2D eigenvalue weighted by Crippen LogP contribution is -2.61. The molecule has 0 aromatic heterocycles. The number of ether oxygens (including phenoxy) is 1. The number of anilines is 1. The third-order valence-corrected chi connectivity index (χ3v) is 7.66. The number of amides is 3. The fraction of sp³-hybridized carbons (Fsp3) is 0.464. The molecule has 2 atom stereocenters. The number of hydrogen-bond acceptors (Lipinski definition) is 5. The number of benzene rings is 2. The van der Waals surface area contributed by atoms with Gasteiger partial charge in [-0.1, -0.05) is 31.2 Å². The van der Waals surface area contributed by atoms with Crippen molar-refractivity contribution in [2.45, 2.75) is 50.8 Å². The summed E-state index contributed by atoms with van der Waals surface area (Å²) in [5, 5.41) is 2.70. The molecule has 1 N–H and O–H groups in total. The van der Waals surface area contributed by atoms with Gasteiger partial charge in [0.15, 0.2) is 0 Å². The Kier molecular flexibility index (Phi) is 7.82. The number of piperidine rings is 1. The standard InChI is InChI=1S/C28H35FN4O4/c1-5-20-11-12-23(29)22(17-20)25(34)30-24(19(2)37-4)26(35)32-15-13-28(14-16-32)27(36)31(3)18-33(28)21-9-7-6-8-10-21/h6-12,17,19,24H,5,13-16,18H2,1-4H3,(H,30,34). The summed E-state index contributed by atoms with van der Waals surface area (Å²) < 4.78 is 19.8. The number of rotatable bonds is 7. The van der Waals surface area contributed by atoms with Gasteiger partial charge in [0, 0.05) is 32.9 Å². The SMILES string of the molecule is CCc1ccc(F)c(C(=O)NC(C(=O)N2CCC3(CC2)C(=O)N(C)CN3c2ccccc2)C(C)OC)c1. The Labute approximate surface area is 217 Å². The molecule has 8 nitrogen and oxygen atoms in total. The van der Waals surface area contributed by atoms with Gasteiger partial charge in [-0.05, 0) is 56.0 Å². The van der Waals surface area contributed by atoms with E-state index in [1.807, 2.05) is 37.3 Å². The predicted molar refractivity (Wildman–Crippen MR) is 139 cm³/mol. The predicted octanol–water partition coefficient (Wildman–Crippen LogP) is 2.82. The van der Waals surface area contributed by atoms with Gasteiger partial charge in [-0.3, -0.25) is 14.4 Å². The van der Waals surface area contributed by atoms with Gasteiger partial charge in [-0.25, -0.2) is 4.39 Å². The van der Waals surface area contributed by atoms with Gasteiger partial charge < -0.3 is 24.8 Å². The van der Waals surface area contributed by atoms with Gasteiger partial charge in [-0.15, -0.1) is 0 Å². The van der Waals surface area contributed by atoms with Crippen molar-refractivity contribution in [3.63, 3.8) is 0 Å². The zero-order valence-corrected chi connectivity index (χ0v) is 21.9. The number of hydrogen-bond donors (Lipinski definition) is 1. The molecular formula is C28H35FN4O4. The molecule has 198 valence electrons. The van der Waals surface area contributed by atoms with E-state index in [2.05, 4.69) is 10.2 Å². The maximum atomic E-state index is 14.4. The van der Waals surface area contributed by atoms with Crippen LogP contribution in [-0.4, -0.2) is 79.1 Å². The minimum atomic E-state index is -0.997. The third kappa shape index (κ3) is 5.05. The molecule has 4 rings (SSSR count). The van der Waals surface area contributed by atoms with Gasteiger partial charge >= 0.3 is 0 Å². The van der Waals surface area contributed by atoms with E-state index in [9.17, 15) is 18.8 Å². The zero-order valence-electron chi connectivity index (χ0n) is 21.9. The van der Waals surface area contributed by atoms with E-state index in [-0.39, 0.29) is 17.4 Å². The van der Waals surface area contributed by atoms with Crippen LogP contribution in [0.1, 0.15) is 42.6 Å². The van der Waals surface area contributed by atoms with Crippen molar-refractivity contribution < 1.29 is 23.5 Å². The lowest BCUT2D eigenvalue weighted by Gasteiger charge is -2.44. The maximum Gasteiger partial charge on any atom is 0.254 e. The van der Waals surface area contributed by atoms with E-state index in [1.165, 1.54) is 19.2 Å². The van der Waals surface area contributed by atoms with Crippen molar-refractivity contribution in [3.8, 4) is 0 Å². The Morgan fingerprint density at radius 3 is 2.43 bits per heavy atom. The Bertz CT molecular complexity index is 1150. The van der Waals surface area contributed by atoms with Crippen LogP contribution in [-0.2, 0) is 20.7 Å². The van der Waals surface area contributed by atoms with Crippen LogP contribution in [0.5, 0.6) is 0 Å². The van der Waals surface area contributed by atoms with E-state index >= 15 is 0 Å². The first kappa shape index (κ1) is 26.6. The molecule has 2 heterocycles. The van der Waals surface area contributed by atoms with Crippen molar-refractivity contribution in [1.82, 2.24) is 15.1 Å². The summed E-state index contributed by atoms with van der Waals surface area (Å²) in [6.45, 7) is 4.80. The van der Waals surface area contributed by atoms with Crippen LogP contribution < -0.4 is 10.2 Å².